The SMILES string of the molecule is CC(C)(C)c1ccc2c(c1)C(CCCCCN(c1ccncc1)c1ccncc1)(CCCCCN(c1ccncc1)c1ccncc1)c1cc(C(C)(C)C)ccc1-2. The lowest BCUT2D eigenvalue weighted by Gasteiger charge is -2.35. The van der Waals surface area contributed by atoms with Gasteiger partial charge in [-0.1, -0.05) is 104 Å². The molecule has 0 amide bonds. The van der Waals surface area contributed by atoms with Crippen LogP contribution in [0.3, 0.4) is 0 Å². The number of benzene rings is 2. The maximum Gasteiger partial charge on any atom is 0.0441 e. The molecule has 0 saturated carbocycles. The first-order valence-electron chi connectivity index (χ1n) is 21.0. The molecule has 6 nitrogen and oxygen atoms in total. The molecular formula is C51H60N6. The number of nitrogens with zero attached hydrogens (tertiary/aromatic N) is 6. The minimum absolute atomic E-state index is 0.0427. The normalized spacial score (nSPS) is 13.2. The summed E-state index contributed by atoms with van der Waals surface area (Å²) < 4.78 is 0. The second-order valence-corrected chi connectivity index (χ2v) is 17.8. The van der Waals surface area contributed by atoms with Gasteiger partial charge in [0.1, 0.15) is 0 Å². The smallest absolute Gasteiger partial charge is 0.0441 e. The topological polar surface area (TPSA) is 58.0 Å². The lowest BCUT2D eigenvalue weighted by molar-refractivity contribution is 0.401. The standard InChI is InChI=1S/C51H60N6/c1-49(2,3)39-13-15-45-46-16-14-40(50(4,5)6)38-48(46)51(47(45)37-39,25-9-7-11-35-56(41-17-27-52-28-18-41)42-19-29-53-30-20-42)26-10-8-12-36-57(43-21-31-54-32-22-43)44-23-33-55-34-24-44/h13-24,27-34,37-38H,7-12,25-26,35-36H2,1-6H3. The van der Waals surface area contributed by atoms with E-state index in [2.05, 4.69) is 156 Å². The van der Waals surface area contributed by atoms with Crippen LogP contribution in [0.4, 0.5) is 22.7 Å². The molecule has 0 radical (unpaired) electrons. The maximum absolute atomic E-state index is 4.29. The van der Waals surface area contributed by atoms with E-state index < -0.39 is 0 Å². The maximum atomic E-state index is 4.29. The Morgan fingerprint density at radius 3 is 1.02 bits per heavy atom. The van der Waals surface area contributed by atoms with E-state index in [-0.39, 0.29) is 16.2 Å². The monoisotopic (exact) mass is 756 g/mol. The highest BCUT2D eigenvalue weighted by Crippen LogP contribution is 2.55. The van der Waals surface area contributed by atoms with Crippen LogP contribution in [0.1, 0.15) is 115 Å². The van der Waals surface area contributed by atoms with Gasteiger partial charge in [0.15, 0.2) is 0 Å². The summed E-state index contributed by atoms with van der Waals surface area (Å²) in [5, 5.41) is 0. The first-order chi connectivity index (χ1) is 27.5. The Balaban J connectivity index is 1.16. The van der Waals surface area contributed by atoms with Gasteiger partial charge in [0, 0.05) is 90.8 Å². The van der Waals surface area contributed by atoms with Crippen molar-refractivity contribution in [3.8, 4) is 11.1 Å². The van der Waals surface area contributed by atoms with E-state index in [0.29, 0.717) is 0 Å². The molecule has 0 spiro atoms. The molecule has 2 aromatic carbocycles. The molecule has 7 rings (SSSR count). The first kappa shape index (κ1) is 39.9. The Hall–Kier alpha value is -5.36. The van der Waals surface area contributed by atoms with Crippen molar-refractivity contribution < 1.29 is 0 Å². The van der Waals surface area contributed by atoms with Gasteiger partial charge < -0.3 is 9.80 Å². The number of aromatic nitrogens is 4. The van der Waals surface area contributed by atoms with E-state index in [1.165, 1.54) is 45.0 Å². The van der Waals surface area contributed by atoms with Crippen LogP contribution in [-0.4, -0.2) is 33.0 Å². The zero-order valence-corrected chi connectivity index (χ0v) is 35.0. The quantitative estimate of drug-likeness (QED) is 0.0917. The zero-order valence-electron chi connectivity index (χ0n) is 35.0. The summed E-state index contributed by atoms with van der Waals surface area (Å²) in [4.78, 5) is 22.0. The summed E-state index contributed by atoms with van der Waals surface area (Å²) in [7, 11) is 0. The molecule has 0 atom stereocenters. The van der Waals surface area contributed by atoms with E-state index in [1.54, 1.807) is 11.1 Å². The summed E-state index contributed by atoms with van der Waals surface area (Å²) >= 11 is 0. The highest BCUT2D eigenvalue weighted by atomic mass is 15.1. The van der Waals surface area contributed by atoms with Crippen molar-refractivity contribution in [2.45, 2.75) is 109 Å². The van der Waals surface area contributed by atoms with Crippen LogP contribution >= 0.6 is 0 Å². The summed E-state index contributed by atoms with van der Waals surface area (Å²) in [6.45, 7) is 16.0. The van der Waals surface area contributed by atoms with Crippen LogP contribution in [-0.2, 0) is 16.2 Å². The van der Waals surface area contributed by atoms with Gasteiger partial charge in [0.05, 0.1) is 0 Å². The number of hydrogen-bond acceptors (Lipinski definition) is 6. The predicted octanol–water partition coefficient (Wildman–Crippen LogP) is 12.9. The van der Waals surface area contributed by atoms with Crippen molar-refractivity contribution in [1.82, 2.24) is 19.9 Å². The minimum atomic E-state index is -0.0427. The largest absolute Gasteiger partial charge is 0.341 e. The van der Waals surface area contributed by atoms with Crippen LogP contribution in [0, 0.1) is 0 Å². The van der Waals surface area contributed by atoms with Crippen LogP contribution in [0.15, 0.2) is 135 Å². The van der Waals surface area contributed by atoms with Gasteiger partial charge >= 0.3 is 0 Å². The number of fused-ring (bicyclic) bond motifs is 3. The van der Waals surface area contributed by atoms with Crippen molar-refractivity contribution >= 4 is 22.7 Å². The van der Waals surface area contributed by atoms with Crippen molar-refractivity contribution in [3.63, 3.8) is 0 Å². The lowest BCUT2D eigenvalue weighted by atomic mass is 9.69. The summed E-state index contributed by atoms with van der Waals surface area (Å²) in [5.74, 6) is 0. The summed E-state index contributed by atoms with van der Waals surface area (Å²) in [6.07, 6.45) is 24.2. The van der Waals surface area contributed by atoms with Gasteiger partial charge in [-0.3, -0.25) is 19.9 Å². The fraction of sp³-hybridized carbons (Fsp3) is 0.373. The molecule has 6 heteroatoms. The predicted molar refractivity (Wildman–Crippen MR) is 238 cm³/mol. The lowest BCUT2D eigenvalue weighted by Crippen LogP contribution is -2.27. The van der Waals surface area contributed by atoms with Gasteiger partial charge in [0.25, 0.3) is 0 Å². The van der Waals surface area contributed by atoms with Gasteiger partial charge in [0.2, 0.25) is 0 Å². The number of unbranched alkanes of at least 4 members (excludes halogenated alkanes) is 4. The summed E-state index contributed by atoms with van der Waals surface area (Å²) in [5.41, 5.74) is 13.6. The van der Waals surface area contributed by atoms with Crippen LogP contribution in [0.2, 0.25) is 0 Å². The first-order valence-corrected chi connectivity index (χ1v) is 21.0. The Morgan fingerprint density at radius 1 is 0.404 bits per heavy atom. The Bertz CT molecular complexity index is 1940. The van der Waals surface area contributed by atoms with E-state index in [0.717, 1.165) is 64.5 Å². The fourth-order valence-corrected chi connectivity index (χ4v) is 8.75. The molecule has 1 aliphatic carbocycles. The second-order valence-electron chi connectivity index (χ2n) is 17.8. The van der Waals surface area contributed by atoms with Crippen LogP contribution in [0.5, 0.6) is 0 Å². The molecule has 1 aliphatic rings. The Morgan fingerprint density at radius 2 is 0.719 bits per heavy atom. The molecule has 294 valence electrons. The zero-order chi connectivity index (χ0) is 39.9. The van der Waals surface area contributed by atoms with Gasteiger partial charge in [-0.25, -0.2) is 0 Å². The minimum Gasteiger partial charge on any atom is -0.341 e. The number of pyridine rings is 4. The van der Waals surface area contributed by atoms with Crippen molar-refractivity contribution in [3.05, 3.63) is 157 Å². The van der Waals surface area contributed by atoms with E-state index in [4.69, 9.17) is 0 Å². The number of rotatable bonds is 16. The molecule has 0 fully saturated rings. The number of hydrogen-bond donors (Lipinski definition) is 0. The molecule has 4 aromatic heterocycles. The van der Waals surface area contributed by atoms with Crippen LogP contribution in [0.25, 0.3) is 11.1 Å². The van der Waals surface area contributed by atoms with Crippen molar-refractivity contribution in [2.24, 2.45) is 0 Å². The highest BCUT2D eigenvalue weighted by Gasteiger charge is 2.43. The Labute approximate surface area is 341 Å². The van der Waals surface area contributed by atoms with Crippen molar-refractivity contribution in [2.75, 3.05) is 22.9 Å². The molecule has 6 aromatic rings. The molecular weight excluding hydrogens is 697 g/mol. The van der Waals surface area contributed by atoms with Gasteiger partial charge in [-0.2, -0.15) is 0 Å². The van der Waals surface area contributed by atoms with Gasteiger partial charge in [-0.05, 0) is 118 Å². The van der Waals surface area contributed by atoms with Crippen molar-refractivity contribution in [1.29, 1.82) is 0 Å². The second kappa shape index (κ2) is 17.4. The van der Waals surface area contributed by atoms with Crippen LogP contribution < -0.4 is 9.80 Å². The third-order valence-corrected chi connectivity index (χ3v) is 12.0. The van der Waals surface area contributed by atoms with E-state index in [9.17, 15) is 0 Å². The molecule has 0 unspecified atom stereocenters. The third-order valence-electron chi connectivity index (χ3n) is 12.0. The fourth-order valence-electron chi connectivity index (χ4n) is 8.75. The summed E-state index contributed by atoms with van der Waals surface area (Å²) in [6, 6.07) is 31.7. The van der Waals surface area contributed by atoms with Gasteiger partial charge in [-0.15, -0.1) is 0 Å². The Kier molecular flexibility index (Phi) is 12.2. The van der Waals surface area contributed by atoms with E-state index >= 15 is 0 Å². The molecule has 0 saturated heterocycles. The number of anilines is 4. The average Bonchev–Trinajstić information content (AvgIpc) is 3.49. The molecule has 0 bridgehead atoms. The molecule has 57 heavy (non-hydrogen) atoms. The average molecular weight is 757 g/mol. The highest BCUT2D eigenvalue weighted by molar-refractivity contribution is 5.82. The van der Waals surface area contributed by atoms with E-state index in [1.807, 2.05) is 49.6 Å². The molecule has 0 aliphatic heterocycles. The molecule has 4 heterocycles. The molecule has 0 N–H and O–H groups in total. The third kappa shape index (κ3) is 9.12.